The van der Waals surface area contributed by atoms with Crippen molar-refractivity contribution in [2.45, 2.75) is 6.92 Å². The van der Waals surface area contributed by atoms with Crippen molar-refractivity contribution >= 4 is 44.7 Å². The first-order chi connectivity index (χ1) is 10.1. The third-order valence-electron chi connectivity index (χ3n) is 2.84. The van der Waals surface area contributed by atoms with E-state index in [1.807, 2.05) is 19.1 Å². The summed E-state index contributed by atoms with van der Waals surface area (Å²) in [5.41, 5.74) is 0.670. The van der Waals surface area contributed by atoms with E-state index < -0.39 is 5.82 Å². The number of hydrogen-bond donors (Lipinski definition) is 1. The third kappa shape index (κ3) is 2.66. The van der Waals surface area contributed by atoms with Gasteiger partial charge >= 0.3 is 0 Å². The van der Waals surface area contributed by atoms with Crippen LogP contribution in [-0.2, 0) is 0 Å². The predicted octanol–water partition coefficient (Wildman–Crippen LogP) is 4.41. The SMILES string of the molecule is Cc1cc2c(Nc3ccc(F)cc3C#N)nc(Cl)nc2s1. The van der Waals surface area contributed by atoms with Crippen molar-refractivity contribution in [1.82, 2.24) is 9.97 Å². The minimum absolute atomic E-state index is 0.118. The lowest BCUT2D eigenvalue weighted by Crippen LogP contribution is -1.98. The van der Waals surface area contributed by atoms with Crippen LogP contribution in [0.5, 0.6) is 0 Å². The van der Waals surface area contributed by atoms with E-state index in [0.717, 1.165) is 15.1 Å². The first-order valence-corrected chi connectivity index (χ1v) is 7.16. The highest BCUT2D eigenvalue weighted by Gasteiger charge is 2.12. The number of aromatic nitrogens is 2. The summed E-state index contributed by atoms with van der Waals surface area (Å²) < 4.78 is 13.2. The molecule has 104 valence electrons. The standard InChI is InChI=1S/C14H8ClFN4S/c1-7-4-10-12(19-14(15)20-13(10)21-7)18-11-3-2-9(16)5-8(11)6-17/h2-5H,1H3,(H,18,19,20). The average molecular weight is 319 g/mol. The first-order valence-electron chi connectivity index (χ1n) is 5.97. The number of halogens is 2. The normalized spacial score (nSPS) is 10.6. The molecule has 0 amide bonds. The third-order valence-corrected chi connectivity index (χ3v) is 3.96. The van der Waals surface area contributed by atoms with Crippen molar-refractivity contribution in [3.05, 3.63) is 45.8 Å². The Bertz CT molecular complexity index is 885. The van der Waals surface area contributed by atoms with Crippen molar-refractivity contribution in [2.24, 2.45) is 0 Å². The molecule has 0 atom stereocenters. The van der Waals surface area contributed by atoms with Crippen LogP contribution < -0.4 is 5.32 Å². The van der Waals surface area contributed by atoms with Crippen LogP contribution >= 0.6 is 22.9 Å². The summed E-state index contributed by atoms with van der Waals surface area (Å²) in [7, 11) is 0. The maximum absolute atomic E-state index is 13.2. The van der Waals surface area contributed by atoms with Crippen LogP contribution in [0.25, 0.3) is 10.2 Å². The maximum atomic E-state index is 13.2. The smallest absolute Gasteiger partial charge is 0.225 e. The number of hydrogen-bond acceptors (Lipinski definition) is 5. The minimum atomic E-state index is -0.464. The van der Waals surface area contributed by atoms with E-state index in [1.165, 1.54) is 29.5 Å². The van der Waals surface area contributed by atoms with E-state index >= 15 is 0 Å². The minimum Gasteiger partial charge on any atom is -0.338 e. The van der Waals surface area contributed by atoms with Crippen molar-refractivity contribution < 1.29 is 4.39 Å². The van der Waals surface area contributed by atoms with Crippen LogP contribution in [0.4, 0.5) is 15.9 Å². The molecule has 0 fully saturated rings. The van der Waals surface area contributed by atoms with Gasteiger partial charge < -0.3 is 5.32 Å². The summed E-state index contributed by atoms with van der Waals surface area (Å²) in [6, 6.07) is 7.83. The first kappa shape index (κ1) is 13.7. The molecule has 0 spiro atoms. The van der Waals surface area contributed by atoms with E-state index in [1.54, 1.807) is 0 Å². The highest BCUT2D eigenvalue weighted by atomic mass is 35.5. The molecule has 4 nitrogen and oxygen atoms in total. The molecule has 21 heavy (non-hydrogen) atoms. The lowest BCUT2D eigenvalue weighted by atomic mass is 10.2. The summed E-state index contributed by atoms with van der Waals surface area (Å²) in [6.07, 6.45) is 0. The van der Waals surface area contributed by atoms with E-state index in [0.29, 0.717) is 11.5 Å². The summed E-state index contributed by atoms with van der Waals surface area (Å²) in [4.78, 5) is 10.2. The second kappa shape index (κ2) is 5.28. The van der Waals surface area contributed by atoms with Crippen LogP contribution in [0.1, 0.15) is 10.4 Å². The summed E-state index contributed by atoms with van der Waals surface area (Å²) in [6.45, 7) is 1.96. The molecule has 0 saturated heterocycles. The summed E-state index contributed by atoms with van der Waals surface area (Å²) in [5, 5.41) is 13.0. The molecule has 0 radical (unpaired) electrons. The number of thiophene rings is 1. The van der Waals surface area contributed by atoms with Crippen LogP contribution in [0.15, 0.2) is 24.3 Å². The molecule has 7 heteroatoms. The molecule has 0 aliphatic rings. The molecule has 0 aliphatic heterocycles. The van der Waals surface area contributed by atoms with Crippen molar-refractivity contribution in [1.29, 1.82) is 5.26 Å². The highest BCUT2D eigenvalue weighted by Crippen LogP contribution is 2.32. The van der Waals surface area contributed by atoms with Gasteiger partial charge in [-0.05, 0) is 42.8 Å². The monoisotopic (exact) mass is 318 g/mol. The molecular formula is C14H8ClFN4S. The number of rotatable bonds is 2. The number of anilines is 2. The van der Waals surface area contributed by atoms with E-state index in [2.05, 4.69) is 15.3 Å². The van der Waals surface area contributed by atoms with E-state index in [-0.39, 0.29) is 10.8 Å². The number of aryl methyl sites for hydroxylation is 1. The lowest BCUT2D eigenvalue weighted by molar-refractivity contribution is 0.627. The fraction of sp³-hybridized carbons (Fsp3) is 0.0714. The van der Waals surface area contributed by atoms with Crippen molar-refractivity contribution in [3.63, 3.8) is 0 Å². The molecule has 2 aromatic heterocycles. The zero-order chi connectivity index (χ0) is 15.0. The summed E-state index contributed by atoms with van der Waals surface area (Å²) in [5.74, 6) is 0.0341. The number of fused-ring (bicyclic) bond motifs is 1. The zero-order valence-corrected chi connectivity index (χ0v) is 12.4. The Labute approximate surface area is 128 Å². The Morgan fingerprint density at radius 3 is 2.90 bits per heavy atom. The van der Waals surface area contributed by atoms with Crippen molar-refractivity contribution in [3.8, 4) is 6.07 Å². The van der Waals surface area contributed by atoms with E-state index in [4.69, 9.17) is 16.9 Å². The van der Waals surface area contributed by atoms with Crippen LogP contribution in [0.3, 0.4) is 0 Å². The molecule has 0 saturated carbocycles. The molecule has 2 heterocycles. The maximum Gasteiger partial charge on any atom is 0.225 e. The topological polar surface area (TPSA) is 61.6 Å². The lowest BCUT2D eigenvalue weighted by Gasteiger charge is -2.08. The van der Waals surface area contributed by atoms with Gasteiger partial charge in [0, 0.05) is 4.88 Å². The van der Waals surface area contributed by atoms with Crippen LogP contribution in [0, 0.1) is 24.1 Å². The number of nitrogens with zero attached hydrogens (tertiary/aromatic N) is 3. The molecule has 0 unspecified atom stereocenters. The second-order valence-electron chi connectivity index (χ2n) is 4.34. The number of nitriles is 1. The predicted molar refractivity (Wildman–Crippen MR) is 81.6 cm³/mol. The Morgan fingerprint density at radius 2 is 2.14 bits per heavy atom. The van der Waals surface area contributed by atoms with Gasteiger partial charge in [0.1, 0.15) is 22.5 Å². The van der Waals surface area contributed by atoms with Gasteiger partial charge in [0.2, 0.25) is 5.28 Å². The van der Waals surface area contributed by atoms with E-state index in [9.17, 15) is 4.39 Å². The molecular weight excluding hydrogens is 311 g/mol. The Morgan fingerprint density at radius 1 is 1.33 bits per heavy atom. The van der Waals surface area contributed by atoms with Gasteiger partial charge in [-0.3, -0.25) is 0 Å². The van der Waals surface area contributed by atoms with Crippen molar-refractivity contribution in [2.75, 3.05) is 5.32 Å². The molecule has 0 bridgehead atoms. The zero-order valence-electron chi connectivity index (χ0n) is 10.8. The number of nitrogens with one attached hydrogen (secondary N) is 1. The summed E-state index contributed by atoms with van der Waals surface area (Å²) >= 11 is 7.42. The molecule has 0 aliphatic carbocycles. The van der Waals surface area contributed by atoms with Gasteiger partial charge in [0.15, 0.2) is 0 Å². The van der Waals surface area contributed by atoms with Gasteiger partial charge in [0.25, 0.3) is 0 Å². The Balaban J connectivity index is 2.12. The highest BCUT2D eigenvalue weighted by molar-refractivity contribution is 7.18. The molecule has 1 N–H and O–H groups in total. The van der Waals surface area contributed by atoms with Gasteiger partial charge in [-0.2, -0.15) is 10.2 Å². The fourth-order valence-electron chi connectivity index (χ4n) is 1.96. The second-order valence-corrected chi connectivity index (χ2v) is 5.92. The van der Waals surface area contributed by atoms with Crippen LogP contribution in [-0.4, -0.2) is 9.97 Å². The Kier molecular flexibility index (Phi) is 3.45. The molecule has 3 aromatic rings. The Hall–Kier alpha value is -2.23. The largest absolute Gasteiger partial charge is 0.338 e. The molecule has 1 aromatic carbocycles. The van der Waals surface area contributed by atoms with Gasteiger partial charge in [-0.15, -0.1) is 11.3 Å². The average Bonchev–Trinajstić information content (AvgIpc) is 2.81. The van der Waals surface area contributed by atoms with Gasteiger partial charge in [-0.1, -0.05) is 0 Å². The van der Waals surface area contributed by atoms with Crippen LogP contribution in [0.2, 0.25) is 5.28 Å². The fourth-order valence-corrected chi connectivity index (χ4v) is 3.06. The number of benzene rings is 1. The molecule has 3 rings (SSSR count). The van der Waals surface area contributed by atoms with Gasteiger partial charge in [0.05, 0.1) is 16.6 Å². The quantitative estimate of drug-likeness (QED) is 0.711. The van der Waals surface area contributed by atoms with Gasteiger partial charge in [-0.25, -0.2) is 9.37 Å².